The minimum absolute atomic E-state index is 0.418. The van der Waals surface area contributed by atoms with Gasteiger partial charge >= 0.3 is 0 Å². The number of aromatic nitrogens is 4. The second-order valence-electron chi connectivity index (χ2n) is 6.21. The van der Waals surface area contributed by atoms with Gasteiger partial charge in [-0.1, -0.05) is 18.2 Å². The van der Waals surface area contributed by atoms with E-state index >= 15 is 0 Å². The predicted molar refractivity (Wildman–Crippen MR) is 96.2 cm³/mol. The lowest BCUT2D eigenvalue weighted by atomic mass is 10.0. The summed E-state index contributed by atoms with van der Waals surface area (Å²) in [6.45, 7) is 1.01. The lowest BCUT2D eigenvalue weighted by molar-refractivity contribution is 0.408. The van der Waals surface area contributed by atoms with Gasteiger partial charge in [0, 0.05) is 31.0 Å². The molecule has 1 saturated heterocycles. The Bertz CT molecular complexity index is 833. The molecule has 1 unspecified atom stereocenters. The highest BCUT2D eigenvalue weighted by molar-refractivity contribution is 5.46. The van der Waals surface area contributed by atoms with Gasteiger partial charge in [-0.15, -0.1) is 0 Å². The first kappa shape index (κ1) is 15.6. The van der Waals surface area contributed by atoms with Crippen molar-refractivity contribution in [1.82, 2.24) is 19.5 Å². The van der Waals surface area contributed by atoms with E-state index in [1.165, 1.54) is 12.0 Å². The van der Waals surface area contributed by atoms with Crippen LogP contribution < -0.4 is 9.64 Å². The summed E-state index contributed by atoms with van der Waals surface area (Å²) in [5.41, 5.74) is 1.24. The van der Waals surface area contributed by atoms with E-state index in [2.05, 4.69) is 32.0 Å². The SMILES string of the molecule is COc1ccccc1CC1CCCN1c1cc(-n2ccnc2)ncn1. The van der Waals surface area contributed by atoms with E-state index in [9.17, 15) is 0 Å². The maximum atomic E-state index is 5.51. The van der Waals surface area contributed by atoms with Gasteiger partial charge in [-0.3, -0.25) is 4.57 Å². The summed E-state index contributed by atoms with van der Waals surface area (Å²) < 4.78 is 7.41. The zero-order valence-corrected chi connectivity index (χ0v) is 14.2. The van der Waals surface area contributed by atoms with E-state index in [-0.39, 0.29) is 0 Å². The molecule has 0 spiro atoms. The largest absolute Gasteiger partial charge is 0.496 e. The van der Waals surface area contributed by atoms with Crippen LogP contribution in [-0.4, -0.2) is 39.2 Å². The van der Waals surface area contributed by atoms with E-state index in [1.807, 2.05) is 29.0 Å². The molecular weight excluding hydrogens is 314 g/mol. The van der Waals surface area contributed by atoms with Crippen molar-refractivity contribution in [2.24, 2.45) is 0 Å². The molecule has 6 heteroatoms. The zero-order valence-electron chi connectivity index (χ0n) is 14.2. The highest BCUT2D eigenvalue weighted by Gasteiger charge is 2.27. The van der Waals surface area contributed by atoms with E-state index < -0.39 is 0 Å². The smallest absolute Gasteiger partial charge is 0.143 e. The minimum atomic E-state index is 0.418. The molecule has 128 valence electrons. The molecule has 3 heterocycles. The molecule has 1 aliphatic heterocycles. The van der Waals surface area contributed by atoms with Gasteiger partial charge in [0.1, 0.15) is 30.0 Å². The number of methoxy groups -OCH3 is 1. The van der Waals surface area contributed by atoms with Crippen LogP contribution in [0.3, 0.4) is 0 Å². The Morgan fingerprint density at radius 3 is 2.92 bits per heavy atom. The number of para-hydroxylation sites is 1. The number of hydrogen-bond acceptors (Lipinski definition) is 5. The first-order valence-corrected chi connectivity index (χ1v) is 8.54. The molecule has 0 aliphatic carbocycles. The van der Waals surface area contributed by atoms with Crippen molar-refractivity contribution in [1.29, 1.82) is 0 Å². The summed E-state index contributed by atoms with van der Waals surface area (Å²) >= 11 is 0. The molecule has 1 aromatic carbocycles. The van der Waals surface area contributed by atoms with Crippen LogP contribution in [0.2, 0.25) is 0 Å². The van der Waals surface area contributed by atoms with Crippen molar-refractivity contribution in [2.75, 3.05) is 18.6 Å². The van der Waals surface area contributed by atoms with Gasteiger partial charge in [0.15, 0.2) is 0 Å². The summed E-state index contributed by atoms with van der Waals surface area (Å²) in [4.78, 5) is 15.3. The second kappa shape index (κ2) is 6.93. The zero-order chi connectivity index (χ0) is 17.1. The molecule has 2 aromatic heterocycles. The average molecular weight is 335 g/mol. The number of anilines is 1. The average Bonchev–Trinajstić information content (AvgIpc) is 3.34. The Hall–Kier alpha value is -2.89. The van der Waals surface area contributed by atoms with Crippen LogP contribution in [0.15, 0.2) is 55.4 Å². The van der Waals surface area contributed by atoms with Gasteiger partial charge in [-0.2, -0.15) is 0 Å². The lowest BCUT2D eigenvalue weighted by Crippen LogP contribution is -2.32. The fourth-order valence-corrected chi connectivity index (χ4v) is 3.51. The summed E-state index contributed by atoms with van der Waals surface area (Å²) in [7, 11) is 1.73. The van der Waals surface area contributed by atoms with Crippen molar-refractivity contribution < 1.29 is 4.74 Å². The standard InChI is InChI=1S/C19H21N5O/c1-25-17-7-3-2-5-15(17)11-16-6-4-9-24(16)19-12-18(21-13-22-19)23-10-8-20-14-23/h2-3,5,7-8,10,12-14,16H,4,6,9,11H2,1H3. The molecule has 25 heavy (non-hydrogen) atoms. The molecule has 4 rings (SSSR count). The van der Waals surface area contributed by atoms with Crippen LogP contribution in [0.4, 0.5) is 5.82 Å². The minimum Gasteiger partial charge on any atom is -0.496 e. The van der Waals surface area contributed by atoms with Crippen molar-refractivity contribution in [3.05, 3.63) is 60.9 Å². The van der Waals surface area contributed by atoms with Crippen LogP contribution in [0.1, 0.15) is 18.4 Å². The van der Waals surface area contributed by atoms with Crippen LogP contribution in [0.5, 0.6) is 5.75 Å². The first-order valence-electron chi connectivity index (χ1n) is 8.54. The quantitative estimate of drug-likeness (QED) is 0.717. The maximum absolute atomic E-state index is 5.51. The molecule has 0 N–H and O–H groups in total. The fourth-order valence-electron chi connectivity index (χ4n) is 3.51. The van der Waals surface area contributed by atoms with E-state index in [1.54, 1.807) is 26.0 Å². The molecule has 1 aliphatic rings. The molecule has 1 fully saturated rings. The summed E-state index contributed by atoms with van der Waals surface area (Å²) in [6, 6.07) is 10.7. The molecule has 0 saturated carbocycles. The Balaban J connectivity index is 1.58. The number of benzene rings is 1. The Labute approximate surface area is 147 Å². The maximum Gasteiger partial charge on any atom is 0.143 e. The molecule has 0 radical (unpaired) electrons. The highest BCUT2D eigenvalue weighted by atomic mass is 16.5. The normalized spacial score (nSPS) is 17.0. The molecule has 3 aromatic rings. The number of hydrogen-bond donors (Lipinski definition) is 0. The third-order valence-corrected chi connectivity index (χ3v) is 4.73. The van der Waals surface area contributed by atoms with Crippen LogP contribution in [0.25, 0.3) is 5.82 Å². The van der Waals surface area contributed by atoms with Crippen molar-refractivity contribution in [3.63, 3.8) is 0 Å². The summed E-state index contributed by atoms with van der Waals surface area (Å²) in [5, 5.41) is 0. The number of rotatable bonds is 5. The van der Waals surface area contributed by atoms with Crippen LogP contribution >= 0.6 is 0 Å². The molecule has 0 bridgehead atoms. The number of imidazole rings is 1. The van der Waals surface area contributed by atoms with Gasteiger partial charge in [-0.25, -0.2) is 15.0 Å². The topological polar surface area (TPSA) is 56.1 Å². The van der Waals surface area contributed by atoms with Crippen molar-refractivity contribution in [2.45, 2.75) is 25.3 Å². The Morgan fingerprint density at radius 2 is 2.08 bits per heavy atom. The van der Waals surface area contributed by atoms with E-state index in [0.29, 0.717) is 6.04 Å². The molecule has 6 nitrogen and oxygen atoms in total. The molecule has 1 atom stereocenters. The van der Waals surface area contributed by atoms with Gasteiger partial charge in [-0.05, 0) is 30.9 Å². The third-order valence-electron chi connectivity index (χ3n) is 4.73. The van der Waals surface area contributed by atoms with Gasteiger partial charge in [0.25, 0.3) is 0 Å². The molecular formula is C19H21N5O. The second-order valence-corrected chi connectivity index (χ2v) is 6.21. The van der Waals surface area contributed by atoms with Crippen molar-refractivity contribution in [3.8, 4) is 11.6 Å². The fraction of sp³-hybridized carbons (Fsp3) is 0.316. The number of ether oxygens (including phenoxy) is 1. The number of nitrogens with zero attached hydrogens (tertiary/aromatic N) is 5. The lowest BCUT2D eigenvalue weighted by Gasteiger charge is -2.26. The monoisotopic (exact) mass is 335 g/mol. The molecule has 0 amide bonds. The highest BCUT2D eigenvalue weighted by Crippen LogP contribution is 2.29. The van der Waals surface area contributed by atoms with E-state index in [0.717, 1.165) is 36.8 Å². The summed E-state index contributed by atoms with van der Waals surface area (Å²) in [6.07, 6.45) is 10.3. The van der Waals surface area contributed by atoms with E-state index in [4.69, 9.17) is 4.74 Å². The summed E-state index contributed by atoms with van der Waals surface area (Å²) in [5.74, 6) is 2.76. The van der Waals surface area contributed by atoms with Crippen molar-refractivity contribution >= 4 is 5.82 Å². The third kappa shape index (κ3) is 3.20. The van der Waals surface area contributed by atoms with Crippen LogP contribution in [-0.2, 0) is 6.42 Å². The van der Waals surface area contributed by atoms with Gasteiger partial charge in [0.05, 0.1) is 7.11 Å². The Morgan fingerprint density at radius 1 is 1.20 bits per heavy atom. The predicted octanol–water partition coefficient (Wildman–Crippen LogP) is 2.88. The van der Waals surface area contributed by atoms with Gasteiger partial charge < -0.3 is 9.64 Å². The van der Waals surface area contributed by atoms with Gasteiger partial charge in [0.2, 0.25) is 0 Å². The Kier molecular flexibility index (Phi) is 4.33. The first-order chi connectivity index (χ1) is 12.3. The van der Waals surface area contributed by atoms with Crippen LogP contribution in [0, 0.1) is 0 Å².